The van der Waals surface area contributed by atoms with Gasteiger partial charge in [-0.2, -0.15) is 0 Å². The van der Waals surface area contributed by atoms with Crippen LogP contribution in [0.15, 0.2) is 47.6 Å². The Bertz CT molecular complexity index is 943. The van der Waals surface area contributed by atoms with Crippen LogP contribution in [-0.2, 0) is 11.2 Å². The number of thioether (sulfide) groups is 1. The summed E-state index contributed by atoms with van der Waals surface area (Å²) in [6.45, 7) is 3.73. The van der Waals surface area contributed by atoms with Gasteiger partial charge >= 0.3 is 0 Å². The molecule has 0 spiro atoms. The zero-order valence-electron chi connectivity index (χ0n) is 14.8. The van der Waals surface area contributed by atoms with Gasteiger partial charge in [-0.25, -0.2) is 13.8 Å². The highest BCUT2D eigenvalue weighted by molar-refractivity contribution is 8.00. The van der Waals surface area contributed by atoms with E-state index in [1.165, 1.54) is 5.56 Å². The van der Waals surface area contributed by atoms with Gasteiger partial charge in [0, 0.05) is 11.6 Å². The molecule has 0 saturated heterocycles. The predicted octanol–water partition coefficient (Wildman–Crippen LogP) is 4.43. The molecule has 0 unspecified atom stereocenters. The minimum absolute atomic E-state index is 0.195. The normalized spacial score (nSPS) is 12.0. The van der Waals surface area contributed by atoms with Crippen molar-refractivity contribution in [2.75, 3.05) is 5.32 Å². The van der Waals surface area contributed by atoms with Crippen molar-refractivity contribution < 1.29 is 13.6 Å². The molecule has 0 saturated carbocycles. The van der Waals surface area contributed by atoms with E-state index < -0.39 is 22.8 Å². The van der Waals surface area contributed by atoms with E-state index in [1.807, 2.05) is 24.3 Å². The van der Waals surface area contributed by atoms with Crippen LogP contribution in [-0.4, -0.2) is 26.3 Å². The smallest absolute Gasteiger partial charge is 0.237 e. The van der Waals surface area contributed by atoms with Crippen LogP contribution in [0.25, 0.3) is 11.4 Å². The molecular formula is C19H18F2N4OS. The maximum atomic E-state index is 13.6. The molecule has 0 aliphatic carbocycles. The number of carbonyl (C=O) groups is 1. The van der Waals surface area contributed by atoms with Crippen LogP contribution >= 0.6 is 11.8 Å². The van der Waals surface area contributed by atoms with Gasteiger partial charge in [-0.05, 0) is 31.0 Å². The van der Waals surface area contributed by atoms with E-state index in [4.69, 9.17) is 0 Å². The van der Waals surface area contributed by atoms with Gasteiger partial charge in [-0.15, -0.1) is 5.10 Å². The van der Waals surface area contributed by atoms with E-state index in [2.05, 4.69) is 27.4 Å². The standard InChI is InChI=1S/C19H18F2N4OS/c1-3-12-4-6-13(7-5-12)17-23-19(25-24-17)27-11(2)18(26)22-16-10-14(20)8-9-15(16)21/h4-11H,3H2,1-2H3,(H,22,26)(H,23,24,25)/t11-/m0/s1. The molecule has 0 aliphatic rings. The summed E-state index contributed by atoms with van der Waals surface area (Å²) in [6.07, 6.45) is 0.955. The number of H-pyrrole nitrogens is 1. The Balaban J connectivity index is 1.65. The molecule has 3 rings (SSSR count). The molecule has 27 heavy (non-hydrogen) atoms. The highest BCUT2D eigenvalue weighted by Crippen LogP contribution is 2.24. The largest absolute Gasteiger partial charge is 0.323 e. The van der Waals surface area contributed by atoms with Gasteiger partial charge in [-0.3, -0.25) is 9.89 Å². The summed E-state index contributed by atoms with van der Waals surface area (Å²) in [5.74, 6) is -1.19. The second-order valence-corrected chi connectivity index (χ2v) is 7.20. The zero-order chi connectivity index (χ0) is 19.4. The topological polar surface area (TPSA) is 70.7 Å². The number of aromatic amines is 1. The number of nitrogens with zero attached hydrogens (tertiary/aromatic N) is 2. The molecule has 1 aromatic heterocycles. The number of nitrogens with one attached hydrogen (secondary N) is 2. The van der Waals surface area contributed by atoms with Gasteiger partial charge < -0.3 is 5.32 Å². The van der Waals surface area contributed by atoms with Crippen molar-refractivity contribution in [1.82, 2.24) is 15.2 Å². The molecule has 1 heterocycles. The van der Waals surface area contributed by atoms with E-state index >= 15 is 0 Å². The second-order valence-electron chi connectivity index (χ2n) is 5.89. The molecule has 2 N–H and O–H groups in total. The maximum Gasteiger partial charge on any atom is 0.237 e. The monoisotopic (exact) mass is 388 g/mol. The summed E-state index contributed by atoms with van der Waals surface area (Å²) in [5, 5.41) is 9.13. The lowest BCUT2D eigenvalue weighted by Crippen LogP contribution is -2.23. The molecule has 8 heteroatoms. The number of amides is 1. The van der Waals surface area contributed by atoms with E-state index in [0.717, 1.165) is 41.9 Å². The minimum atomic E-state index is -0.697. The first-order valence-electron chi connectivity index (χ1n) is 8.40. The average molecular weight is 388 g/mol. The van der Waals surface area contributed by atoms with Crippen molar-refractivity contribution in [3.05, 3.63) is 59.7 Å². The van der Waals surface area contributed by atoms with Gasteiger partial charge in [-0.1, -0.05) is 43.0 Å². The van der Waals surface area contributed by atoms with Crippen LogP contribution in [0.5, 0.6) is 0 Å². The number of halogens is 2. The molecule has 140 valence electrons. The van der Waals surface area contributed by atoms with Crippen LogP contribution in [0.1, 0.15) is 19.4 Å². The quantitative estimate of drug-likeness (QED) is 0.613. The van der Waals surface area contributed by atoms with Gasteiger partial charge in [0.05, 0.1) is 10.9 Å². The fourth-order valence-electron chi connectivity index (χ4n) is 2.37. The number of benzene rings is 2. The molecule has 3 aromatic rings. The van der Waals surface area contributed by atoms with Gasteiger partial charge in [0.1, 0.15) is 11.6 Å². The molecule has 1 amide bonds. The first kappa shape index (κ1) is 19.0. The first-order valence-corrected chi connectivity index (χ1v) is 9.28. The highest BCUT2D eigenvalue weighted by atomic mass is 32.2. The van der Waals surface area contributed by atoms with Crippen LogP contribution < -0.4 is 5.32 Å². The average Bonchev–Trinajstić information content (AvgIpc) is 3.13. The zero-order valence-corrected chi connectivity index (χ0v) is 15.6. The van der Waals surface area contributed by atoms with Gasteiger partial charge in [0.15, 0.2) is 5.82 Å². The maximum absolute atomic E-state index is 13.6. The summed E-state index contributed by atoms with van der Waals surface area (Å²) >= 11 is 1.12. The molecule has 0 aliphatic heterocycles. The first-order chi connectivity index (χ1) is 13.0. The third-order valence-corrected chi connectivity index (χ3v) is 4.90. The van der Waals surface area contributed by atoms with Crippen LogP contribution in [0.4, 0.5) is 14.5 Å². The Morgan fingerprint density at radius 2 is 1.96 bits per heavy atom. The Morgan fingerprint density at radius 1 is 1.22 bits per heavy atom. The fourth-order valence-corrected chi connectivity index (χ4v) is 3.09. The van der Waals surface area contributed by atoms with Crippen molar-refractivity contribution in [1.29, 1.82) is 0 Å². The third-order valence-electron chi connectivity index (χ3n) is 3.94. The molecule has 0 bridgehead atoms. The molecule has 5 nitrogen and oxygen atoms in total. The Hall–Kier alpha value is -2.74. The summed E-state index contributed by atoms with van der Waals surface area (Å²) in [5.41, 5.74) is 1.92. The molecule has 0 radical (unpaired) electrons. The van der Waals surface area contributed by atoms with Crippen molar-refractivity contribution in [3.63, 3.8) is 0 Å². The Labute approximate surface area is 159 Å². The fraction of sp³-hybridized carbons (Fsp3) is 0.211. The van der Waals surface area contributed by atoms with Gasteiger partial charge in [0.25, 0.3) is 0 Å². The molecular weight excluding hydrogens is 370 g/mol. The second kappa shape index (κ2) is 8.30. The minimum Gasteiger partial charge on any atom is -0.323 e. The van der Waals surface area contributed by atoms with Crippen molar-refractivity contribution >= 4 is 23.4 Å². The predicted molar refractivity (Wildman–Crippen MR) is 102 cm³/mol. The van der Waals surface area contributed by atoms with E-state index in [0.29, 0.717) is 11.0 Å². The van der Waals surface area contributed by atoms with E-state index in [9.17, 15) is 13.6 Å². The third kappa shape index (κ3) is 4.71. The van der Waals surface area contributed by atoms with Crippen molar-refractivity contribution in [3.8, 4) is 11.4 Å². The van der Waals surface area contributed by atoms with E-state index in [1.54, 1.807) is 6.92 Å². The van der Waals surface area contributed by atoms with Gasteiger partial charge in [0.2, 0.25) is 11.1 Å². The van der Waals surface area contributed by atoms with Crippen LogP contribution in [0, 0.1) is 11.6 Å². The number of aryl methyl sites for hydroxylation is 1. The number of hydrogen-bond donors (Lipinski definition) is 2. The van der Waals surface area contributed by atoms with Crippen LogP contribution in [0.3, 0.4) is 0 Å². The van der Waals surface area contributed by atoms with E-state index in [-0.39, 0.29) is 5.69 Å². The van der Waals surface area contributed by atoms with Crippen molar-refractivity contribution in [2.45, 2.75) is 30.7 Å². The Morgan fingerprint density at radius 3 is 2.67 bits per heavy atom. The lowest BCUT2D eigenvalue weighted by Gasteiger charge is -2.10. The highest BCUT2D eigenvalue weighted by Gasteiger charge is 2.19. The lowest BCUT2D eigenvalue weighted by atomic mass is 10.1. The number of anilines is 1. The SMILES string of the molecule is CCc1ccc(-c2nc(S[C@@H](C)C(=O)Nc3cc(F)ccc3F)n[nH]2)cc1. The number of carbonyl (C=O) groups excluding carboxylic acids is 1. The van der Waals surface area contributed by atoms with Crippen molar-refractivity contribution in [2.24, 2.45) is 0 Å². The summed E-state index contributed by atoms with van der Waals surface area (Å²) in [4.78, 5) is 16.6. The molecule has 1 atom stereocenters. The number of hydrogen-bond acceptors (Lipinski definition) is 4. The number of aromatic nitrogens is 3. The number of rotatable bonds is 6. The molecule has 2 aromatic carbocycles. The van der Waals surface area contributed by atoms with Crippen LogP contribution in [0.2, 0.25) is 0 Å². The Kier molecular flexibility index (Phi) is 5.85. The summed E-state index contributed by atoms with van der Waals surface area (Å²) < 4.78 is 26.9. The summed E-state index contributed by atoms with van der Waals surface area (Å²) in [6, 6.07) is 10.9. The lowest BCUT2D eigenvalue weighted by molar-refractivity contribution is -0.115. The molecule has 0 fully saturated rings. The summed E-state index contributed by atoms with van der Waals surface area (Å²) in [7, 11) is 0.